The summed E-state index contributed by atoms with van der Waals surface area (Å²) in [6.07, 6.45) is 5.65. The van der Waals surface area contributed by atoms with Crippen molar-refractivity contribution in [3.63, 3.8) is 0 Å². The lowest BCUT2D eigenvalue weighted by Crippen LogP contribution is -2.45. The Bertz CT molecular complexity index is 423. The van der Waals surface area contributed by atoms with E-state index < -0.39 is 0 Å². The van der Waals surface area contributed by atoms with E-state index in [9.17, 15) is 4.39 Å². The van der Waals surface area contributed by atoms with Gasteiger partial charge in [0.1, 0.15) is 5.82 Å². The molecule has 1 aliphatic heterocycles. The molecule has 1 aromatic rings. The highest BCUT2D eigenvalue weighted by Gasteiger charge is 2.36. The van der Waals surface area contributed by atoms with Crippen LogP contribution in [0.15, 0.2) is 24.3 Å². The molecule has 0 radical (unpaired) electrons. The zero-order chi connectivity index (χ0) is 16.4. The first-order valence-corrected chi connectivity index (χ1v) is 8.72. The van der Waals surface area contributed by atoms with Crippen molar-refractivity contribution in [2.24, 2.45) is 5.41 Å². The molecule has 2 rings (SSSR count). The highest BCUT2D eigenvalue weighted by molar-refractivity contribution is 5.14. The summed E-state index contributed by atoms with van der Waals surface area (Å²) in [5, 5.41) is 0. The van der Waals surface area contributed by atoms with E-state index in [1.54, 1.807) is 12.1 Å². The van der Waals surface area contributed by atoms with Crippen molar-refractivity contribution in [3.05, 3.63) is 35.6 Å². The zero-order valence-electron chi connectivity index (χ0n) is 14.2. The van der Waals surface area contributed by atoms with Crippen molar-refractivity contribution in [2.45, 2.75) is 45.6 Å². The molecule has 3 nitrogen and oxygen atoms in total. The van der Waals surface area contributed by atoms with Gasteiger partial charge in [0.25, 0.3) is 0 Å². The molecule has 0 spiro atoms. The SMILES string of the molecule is CCC1(COCCCCCCOCc2ccc(F)cc2)COC1. The van der Waals surface area contributed by atoms with E-state index in [0.29, 0.717) is 12.0 Å². The Labute approximate surface area is 139 Å². The topological polar surface area (TPSA) is 27.7 Å². The van der Waals surface area contributed by atoms with Gasteiger partial charge in [-0.15, -0.1) is 0 Å². The second-order valence-corrected chi connectivity index (χ2v) is 6.49. The second kappa shape index (κ2) is 10.0. The molecule has 0 aromatic heterocycles. The quantitative estimate of drug-likeness (QED) is 0.535. The first-order chi connectivity index (χ1) is 11.2. The van der Waals surface area contributed by atoms with Crippen LogP contribution < -0.4 is 0 Å². The van der Waals surface area contributed by atoms with Crippen molar-refractivity contribution in [3.8, 4) is 0 Å². The van der Waals surface area contributed by atoms with Crippen molar-refractivity contribution in [1.29, 1.82) is 0 Å². The lowest BCUT2D eigenvalue weighted by molar-refractivity contribution is -0.150. The van der Waals surface area contributed by atoms with E-state index in [-0.39, 0.29) is 5.82 Å². The smallest absolute Gasteiger partial charge is 0.123 e. The van der Waals surface area contributed by atoms with Gasteiger partial charge in [-0.25, -0.2) is 4.39 Å². The van der Waals surface area contributed by atoms with Gasteiger partial charge in [0, 0.05) is 18.6 Å². The van der Waals surface area contributed by atoms with Gasteiger partial charge in [0.05, 0.1) is 26.4 Å². The van der Waals surface area contributed by atoms with Crippen LogP contribution in [0.4, 0.5) is 4.39 Å². The minimum Gasteiger partial charge on any atom is -0.381 e. The van der Waals surface area contributed by atoms with Crippen LogP contribution in [0.5, 0.6) is 0 Å². The second-order valence-electron chi connectivity index (χ2n) is 6.49. The zero-order valence-corrected chi connectivity index (χ0v) is 14.2. The highest BCUT2D eigenvalue weighted by atomic mass is 19.1. The van der Waals surface area contributed by atoms with Crippen molar-refractivity contribution >= 4 is 0 Å². The maximum atomic E-state index is 12.8. The Kier molecular flexibility index (Phi) is 8.00. The molecule has 0 amide bonds. The fourth-order valence-corrected chi connectivity index (χ4v) is 2.60. The number of halogens is 1. The molecule has 1 saturated heterocycles. The molecule has 1 aliphatic rings. The van der Waals surface area contributed by atoms with Gasteiger partial charge in [0.15, 0.2) is 0 Å². The maximum Gasteiger partial charge on any atom is 0.123 e. The number of rotatable bonds is 12. The van der Waals surface area contributed by atoms with Crippen LogP contribution in [0.3, 0.4) is 0 Å². The minimum atomic E-state index is -0.203. The average molecular weight is 324 g/mol. The van der Waals surface area contributed by atoms with Crippen molar-refractivity contribution in [1.82, 2.24) is 0 Å². The molecule has 0 bridgehead atoms. The number of ether oxygens (including phenoxy) is 3. The van der Waals surface area contributed by atoms with Gasteiger partial charge < -0.3 is 14.2 Å². The summed E-state index contributed by atoms with van der Waals surface area (Å²) in [5.74, 6) is -0.203. The fraction of sp³-hybridized carbons (Fsp3) is 0.684. The molecule has 0 saturated carbocycles. The largest absolute Gasteiger partial charge is 0.381 e. The maximum absolute atomic E-state index is 12.8. The molecule has 0 N–H and O–H groups in total. The number of benzene rings is 1. The Morgan fingerprint density at radius 3 is 2.22 bits per heavy atom. The molecule has 1 fully saturated rings. The molecule has 0 aliphatic carbocycles. The molecule has 0 atom stereocenters. The van der Waals surface area contributed by atoms with Crippen LogP contribution >= 0.6 is 0 Å². The Morgan fingerprint density at radius 2 is 1.65 bits per heavy atom. The van der Waals surface area contributed by atoms with Crippen molar-refractivity contribution in [2.75, 3.05) is 33.0 Å². The molecule has 0 unspecified atom stereocenters. The minimum absolute atomic E-state index is 0.203. The standard InChI is InChI=1S/C19H29FO3/c1-2-19(15-23-16-19)14-22-12-6-4-3-5-11-21-13-17-7-9-18(20)10-8-17/h7-10H,2-6,11-16H2,1H3. The number of hydrogen-bond acceptors (Lipinski definition) is 3. The van der Waals surface area contributed by atoms with E-state index >= 15 is 0 Å². The van der Waals surface area contributed by atoms with Gasteiger partial charge in [-0.3, -0.25) is 0 Å². The van der Waals surface area contributed by atoms with E-state index in [1.807, 2.05) is 0 Å². The molecular weight excluding hydrogens is 295 g/mol. The van der Waals surface area contributed by atoms with Crippen LogP contribution in [-0.2, 0) is 20.8 Å². The normalized spacial score (nSPS) is 16.3. The van der Waals surface area contributed by atoms with E-state index in [2.05, 4.69) is 6.92 Å². The number of hydrogen-bond donors (Lipinski definition) is 0. The molecule has 130 valence electrons. The van der Waals surface area contributed by atoms with E-state index in [1.165, 1.54) is 18.6 Å². The molecular formula is C19H29FO3. The van der Waals surface area contributed by atoms with Crippen LogP contribution in [0, 0.1) is 11.2 Å². The van der Waals surface area contributed by atoms with Gasteiger partial charge in [-0.2, -0.15) is 0 Å². The summed E-state index contributed by atoms with van der Waals surface area (Å²) in [6, 6.07) is 6.47. The van der Waals surface area contributed by atoms with Gasteiger partial charge in [-0.1, -0.05) is 31.9 Å². The first kappa shape index (κ1) is 18.4. The third-order valence-corrected chi connectivity index (χ3v) is 4.48. The summed E-state index contributed by atoms with van der Waals surface area (Å²) in [4.78, 5) is 0. The van der Waals surface area contributed by atoms with Crippen LogP contribution in [0.1, 0.15) is 44.6 Å². The summed E-state index contributed by atoms with van der Waals surface area (Å²) in [5.41, 5.74) is 1.32. The lowest BCUT2D eigenvalue weighted by Gasteiger charge is -2.40. The monoisotopic (exact) mass is 324 g/mol. The van der Waals surface area contributed by atoms with Gasteiger partial charge >= 0.3 is 0 Å². The summed E-state index contributed by atoms with van der Waals surface area (Å²) >= 11 is 0. The lowest BCUT2D eigenvalue weighted by atomic mass is 9.84. The highest BCUT2D eigenvalue weighted by Crippen LogP contribution is 2.31. The van der Waals surface area contributed by atoms with E-state index in [0.717, 1.165) is 64.3 Å². The molecule has 23 heavy (non-hydrogen) atoms. The predicted molar refractivity (Wildman–Crippen MR) is 88.9 cm³/mol. The van der Waals surface area contributed by atoms with Crippen LogP contribution in [0.2, 0.25) is 0 Å². The number of unbranched alkanes of at least 4 members (excludes halogenated alkanes) is 3. The Balaban J connectivity index is 1.37. The summed E-state index contributed by atoms with van der Waals surface area (Å²) in [6.45, 7) is 6.92. The molecule has 1 heterocycles. The van der Waals surface area contributed by atoms with Gasteiger partial charge in [-0.05, 0) is 37.0 Å². The van der Waals surface area contributed by atoms with Crippen LogP contribution in [-0.4, -0.2) is 33.0 Å². The van der Waals surface area contributed by atoms with Crippen LogP contribution in [0.25, 0.3) is 0 Å². The van der Waals surface area contributed by atoms with E-state index in [4.69, 9.17) is 14.2 Å². The predicted octanol–water partition coefficient (Wildman–Crippen LogP) is 4.35. The summed E-state index contributed by atoms with van der Waals surface area (Å²) in [7, 11) is 0. The molecule has 4 heteroatoms. The Hall–Kier alpha value is -0.970. The first-order valence-electron chi connectivity index (χ1n) is 8.72. The fourth-order valence-electron chi connectivity index (χ4n) is 2.60. The Morgan fingerprint density at radius 1 is 1.00 bits per heavy atom. The third kappa shape index (κ3) is 6.58. The average Bonchev–Trinajstić information content (AvgIpc) is 2.53. The van der Waals surface area contributed by atoms with Gasteiger partial charge in [0.2, 0.25) is 0 Å². The van der Waals surface area contributed by atoms with Crippen molar-refractivity contribution < 1.29 is 18.6 Å². The third-order valence-electron chi connectivity index (χ3n) is 4.48. The molecule has 1 aromatic carbocycles. The summed E-state index contributed by atoms with van der Waals surface area (Å²) < 4.78 is 29.4.